The number of carbonyl (C=O) groups excluding carboxylic acids is 3. The number of nitrogens with two attached hydrogens (primary N) is 2. The van der Waals surface area contributed by atoms with Crippen LogP contribution in [0, 0.1) is 0 Å². The van der Waals surface area contributed by atoms with Crippen molar-refractivity contribution in [1.29, 1.82) is 0 Å². The van der Waals surface area contributed by atoms with Gasteiger partial charge < -0.3 is 35.7 Å². The molecule has 3 amide bonds. The molecule has 0 saturated carbocycles. The van der Waals surface area contributed by atoms with E-state index in [2.05, 4.69) is 29.5 Å². The quantitative estimate of drug-likeness (QED) is 0.372. The van der Waals surface area contributed by atoms with Crippen LogP contribution in [0.1, 0.15) is 32.3 Å². The highest BCUT2D eigenvalue weighted by Crippen LogP contribution is 2.18. The summed E-state index contributed by atoms with van der Waals surface area (Å²) in [6.45, 7) is 8.21. The largest absolute Gasteiger partial charge is 0.542 e. The van der Waals surface area contributed by atoms with Crippen molar-refractivity contribution in [2.45, 2.75) is 50.9 Å². The molecule has 2 aliphatic heterocycles. The molecular formula is C29H41F3N8O5. The zero-order chi connectivity index (χ0) is 33.6. The molecule has 2 fully saturated rings. The van der Waals surface area contributed by atoms with E-state index in [1.807, 2.05) is 12.1 Å². The number of halogens is 3. The monoisotopic (exact) mass is 638 g/mol. The summed E-state index contributed by atoms with van der Waals surface area (Å²) in [7, 11) is 2.30. The van der Waals surface area contributed by atoms with Gasteiger partial charge in [0.05, 0.1) is 37.9 Å². The number of urea groups is 1. The lowest BCUT2D eigenvalue weighted by Gasteiger charge is -2.39. The Morgan fingerprint density at radius 2 is 1.56 bits per heavy atom. The topological polar surface area (TPSA) is 180 Å². The van der Waals surface area contributed by atoms with E-state index >= 15 is 0 Å². The molecule has 0 aliphatic carbocycles. The molecule has 1 aromatic carbocycles. The van der Waals surface area contributed by atoms with Gasteiger partial charge in [-0.05, 0) is 37.6 Å². The molecule has 2 aliphatic rings. The van der Waals surface area contributed by atoms with E-state index in [1.54, 1.807) is 35.9 Å². The Kier molecular flexibility index (Phi) is 11.3. The van der Waals surface area contributed by atoms with Crippen molar-refractivity contribution < 1.29 is 37.1 Å². The van der Waals surface area contributed by atoms with E-state index in [4.69, 9.17) is 21.4 Å². The minimum absolute atomic E-state index is 0.140. The first-order valence-corrected chi connectivity index (χ1v) is 14.6. The van der Waals surface area contributed by atoms with Gasteiger partial charge in [0.1, 0.15) is 11.8 Å². The molecule has 13 nitrogen and oxygen atoms in total. The Balaban J connectivity index is 0.000000707. The lowest BCUT2D eigenvalue weighted by atomic mass is 10.0. The van der Waals surface area contributed by atoms with E-state index in [1.165, 1.54) is 10.1 Å². The number of aliphatic carboxylic acids is 1. The normalized spacial score (nSPS) is 20.6. The predicted octanol–water partition coefficient (Wildman–Crippen LogP) is 0.0547. The van der Waals surface area contributed by atoms with E-state index < -0.39 is 23.4 Å². The summed E-state index contributed by atoms with van der Waals surface area (Å²) in [6, 6.07) is 9.54. The molecule has 0 radical (unpaired) electrons. The summed E-state index contributed by atoms with van der Waals surface area (Å²) in [5.74, 6) is -2.96. The van der Waals surface area contributed by atoms with E-state index in [-0.39, 0.29) is 17.8 Å². The van der Waals surface area contributed by atoms with Gasteiger partial charge in [0.2, 0.25) is 5.91 Å². The SMILES string of the molecule is CC(C)(N)C(=O)N1CCN(C(=O)Nc2ccn(-c3ccc(CC[N+]4(C)CCC(N)CC4)cc3)c(=O)n2)CC1.O=C([O-])C(F)(F)F. The summed E-state index contributed by atoms with van der Waals surface area (Å²) in [4.78, 5) is 53.8. The number of rotatable bonds is 6. The Bertz CT molecular complexity index is 1390. The highest BCUT2D eigenvalue weighted by molar-refractivity contribution is 5.89. The molecule has 0 unspecified atom stereocenters. The van der Waals surface area contributed by atoms with Gasteiger partial charge in [-0.3, -0.25) is 14.7 Å². The second kappa shape index (κ2) is 14.4. The van der Waals surface area contributed by atoms with Crippen LogP contribution in [-0.2, 0) is 16.0 Å². The molecule has 248 valence electrons. The van der Waals surface area contributed by atoms with Gasteiger partial charge in [-0.15, -0.1) is 0 Å². The maximum absolute atomic E-state index is 12.7. The van der Waals surface area contributed by atoms with Crippen molar-refractivity contribution in [2.24, 2.45) is 11.5 Å². The number of alkyl halides is 3. The van der Waals surface area contributed by atoms with Crippen molar-refractivity contribution in [3.63, 3.8) is 0 Å². The molecule has 45 heavy (non-hydrogen) atoms. The number of amides is 3. The van der Waals surface area contributed by atoms with Crippen LogP contribution >= 0.6 is 0 Å². The van der Waals surface area contributed by atoms with Gasteiger partial charge in [0.15, 0.2) is 0 Å². The van der Waals surface area contributed by atoms with Crippen LogP contribution in [-0.4, -0.2) is 112 Å². The van der Waals surface area contributed by atoms with Crippen molar-refractivity contribution in [3.05, 3.63) is 52.6 Å². The first kappa shape index (κ1) is 35.5. The standard InChI is InChI=1S/C27H40N8O3.C2HF3O2/c1-27(2,29)24(36)32-13-15-33(16-14-32)25(37)30-23-8-12-34(26(38)31-23)22-6-4-20(5-7-22)9-17-35(3)18-10-21(28)11-19-35;3-2(4,5)1(6)7/h4-8,12,21H,9-11,13-19,28-29H2,1-3H3;(H,6,7). The number of anilines is 1. The second-order valence-corrected chi connectivity index (χ2v) is 12.2. The van der Waals surface area contributed by atoms with Crippen LogP contribution in [0.25, 0.3) is 5.69 Å². The zero-order valence-electron chi connectivity index (χ0n) is 25.7. The van der Waals surface area contributed by atoms with Crippen molar-refractivity contribution >= 4 is 23.7 Å². The summed E-state index contributed by atoms with van der Waals surface area (Å²) < 4.78 is 34.1. The average Bonchev–Trinajstić information content (AvgIpc) is 2.97. The molecule has 4 rings (SSSR count). The average molecular weight is 639 g/mol. The van der Waals surface area contributed by atoms with E-state index in [0.717, 1.165) is 49.1 Å². The summed E-state index contributed by atoms with van der Waals surface area (Å²) in [5, 5.41) is 11.5. The van der Waals surface area contributed by atoms with Gasteiger partial charge >= 0.3 is 17.9 Å². The molecule has 2 aromatic rings. The van der Waals surface area contributed by atoms with Gasteiger partial charge in [-0.2, -0.15) is 18.2 Å². The highest BCUT2D eigenvalue weighted by Gasteiger charge is 2.32. The van der Waals surface area contributed by atoms with Crippen molar-refractivity contribution in [2.75, 3.05) is 58.2 Å². The fraction of sp³-hybridized carbons (Fsp3) is 0.552. The number of carbonyl (C=O) groups is 3. The van der Waals surface area contributed by atoms with Crippen LogP contribution in [0.4, 0.5) is 23.8 Å². The number of quaternary nitrogens is 1. The maximum Gasteiger partial charge on any atom is 0.430 e. The Hall–Kier alpha value is -4.02. The van der Waals surface area contributed by atoms with Crippen molar-refractivity contribution in [1.82, 2.24) is 19.4 Å². The van der Waals surface area contributed by atoms with Crippen LogP contribution in [0.5, 0.6) is 0 Å². The molecule has 0 spiro atoms. The maximum atomic E-state index is 12.7. The third kappa shape index (κ3) is 10.3. The molecule has 3 heterocycles. The summed E-state index contributed by atoms with van der Waals surface area (Å²) in [6.07, 6.45) is -0.459. The first-order valence-electron chi connectivity index (χ1n) is 14.6. The first-order chi connectivity index (χ1) is 20.9. The van der Waals surface area contributed by atoms with Crippen LogP contribution in [0.2, 0.25) is 0 Å². The number of nitrogens with zero attached hydrogens (tertiary/aromatic N) is 5. The number of hydrogen-bond donors (Lipinski definition) is 3. The molecule has 1 aromatic heterocycles. The molecule has 0 atom stereocenters. The summed E-state index contributed by atoms with van der Waals surface area (Å²) >= 11 is 0. The van der Waals surface area contributed by atoms with Crippen LogP contribution in [0.15, 0.2) is 41.3 Å². The highest BCUT2D eigenvalue weighted by atomic mass is 19.4. The predicted molar refractivity (Wildman–Crippen MR) is 158 cm³/mol. The number of benzene rings is 1. The van der Waals surface area contributed by atoms with Gasteiger partial charge in [-0.25, -0.2) is 9.59 Å². The number of nitrogens with one attached hydrogen (secondary N) is 1. The zero-order valence-corrected chi connectivity index (χ0v) is 25.7. The number of likely N-dealkylation sites (tertiary alicyclic amines) is 1. The summed E-state index contributed by atoms with van der Waals surface area (Å²) in [5.41, 5.74) is 12.5. The fourth-order valence-corrected chi connectivity index (χ4v) is 5.03. The Morgan fingerprint density at radius 3 is 2.04 bits per heavy atom. The Morgan fingerprint density at radius 1 is 1.02 bits per heavy atom. The van der Waals surface area contributed by atoms with Crippen LogP contribution < -0.4 is 27.6 Å². The van der Waals surface area contributed by atoms with Gasteiger partial charge in [0, 0.05) is 57.7 Å². The number of hydrogen-bond acceptors (Lipinski definition) is 8. The molecule has 16 heteroatoms. The minimum atomic E-state index is -5.19. The molecule has 5 N–H and O–H groups in total. The second-order valence-electron chi connectivity index (χ2n) is 12.2. The number of piperazine rings is 1. The third-order valence-electron chi connectivity index (χ3n) is 7.91. The van der Waals surface area contributed by atoms with E-state index in [0.29, 0.717) is 32.2 Å². The van der Waals surface area contributed by atoms with Gasteiger partial charge in [0.25, 0.3) is 0 Å². The number of carboxylic acids is 1. The lowest BCUT2D eigenvalue weighted by Crippen LogP contribution is -2.58. The third-order valence-corrected chi connectivity index (χ3v) is 7.91. The minimum Gasteiger partial charge on any atom is -0.542 e. The number of likely N-dealkylation sites (N-methyl/N-ethyl adjacent to an activating group) is 1. The molecule has 0 bridgehead atoms. The molecular weight excluding hydrogens is 597 g/mol. The smallest absolute Gasteiger partial charge is 0.430 e. The fourth-order valence-electron chi connectivity index (χ4n) is 5.03. The van der Waals surface area contributed by atoms with Crippen LogP contribution in [0.3, 0.4) is 0 Å². The van der Waals surface area contributed by atoms with Gasteiger partial charge in [-0.1, -0.05) is 12.1 Å². The number of aromatic nitrogens is 2. The van der Waals surface area contributed by atoms with E-state index in [9.17, 15) is 27.6 Å². The number of carboxylic acid groups (broad SMARTS) is 1. The number of piperidine rings is 1. The Labute approximate surface area is 259 Å². The van der Waals surface area contributed by atoms with Crippen molar-refractivity contribution in [3.8, 4) is 5.69 Å². The lowest BCUT2D eigenvalue weighted by molar-refractivity contribution is -0.914. The molecule has 2 saturated heterocycles.